The first-order valence-electron chi connectivity index (χ1n) is 5.47. The predicted octanol–water partition coefficient (Wildman–Crippen LogP) is 1.58. The summed E-state index contributed by atoms with van der Waals surface area (Å²) >= 11 is 0. The number of hydrogen-bond acceptors (Lipinski definition) is 3. The van der Waals surface area contributed by atoms with E-state index in [0.29, 0.717) is 12.5 Å². The van der Waals surface area contributed by atoms with E-state index in [9.17, 15) is 5.11 Å². The molecule has 0 aliphatic carbocycles. The van der Waals surface area contributed by atoms with Crippen LogP contribution in [-0.4, -0.2) is 22.7 Å². The molecule has 1 aromatic rings. The van der Waals surface area contributed by atoms with Gasteiger partial charge in [0.15, 0.2) is 0 Å². The maximum atomic E-state index is 9.61. The molecule has 1 atom stereocenters. The van der Waals surface area contributed by atoms with Crippen LogP contribution in [0.15, 0.2) is 24.4 Å². The molecule has 15 heavy (non-hydrogen) atoms. The summed E-state index contributed by atoms with van der Waals surface area (Å²) in [5, 5.41) is 12.8. The van der Waals surface area contributed by atoms with Crippen LogP contribution in [0.1, 0.15) is 26.0 Å². The Morgan fingerprint density at radius 3 is 2.80 bits per heavy atom. The number of aliphatic hydroxyl groups is 1. The molecule has 0 aromatic carbocycles. The predicted molar refractivity (Wildman–Crippen MR) is 61.4 cm³/mol. The number of aliphatic hydroxyl groups excluding tert-OH is 1. The summed E-state index contributed by atoms with van der Waals surface area (Å²) in [7, 11) is 0. The average molecular weight is 208 g/mol. The minimum absolute atomic E-state index is 0.256. The third kappa shape index (κ3) is 5.50. The van der Waals surface area contributed by atoms with Crippen molar-refractivity contribution in [2.75, 3.05) is 6.54 Å². The number of rotatable bonds is 6. The third-order valence-corrected chi connectivity index (χ3v) is 2.16. The molecule has 3 nitrogen and oxygen atoms in total. The molecule has 84 valence electrons. The summed E-state index contributed by atoms with van der Waals surface area (Å²) in [5.41, 5.74) is 1.01. The molecule has 2 N–H and O–H groups in total. The zero-order valence-corrected chi connectivity index (χ0v) is 9.48. The SMILES string of the molecule is CC(C)CC(O)CNCc1ccccn1. The summed E-state index contributed by atoms with van der Waals surface area (Å²) in [6, 6.07) is 5.84. The van der Waals surface area contributed by atoms with E-state index in [1.54, 1.807) is 6.20 Å². The van der Waals surface area contributed by atoms with Crippen LogP contribution in [0.25, 0.3) is 0 Å². The summed E-state index contributed by atoms with van der Waals surface area (Å²) in [6.07, 6.45) is 2.37. The van der Waals surface area contributed by atoms with E-state index >= 15 is 0 Å². The smallest absolute Gasteiger partial charge is 0.0667 e. The molecular weight excluding hydrogens is 188 g/mol. The maximum absolute atomic E-state index is 9.61. The standard InChI is InChI=1S/C12H20N2O/c1-10(2)7-12(15)9-13-8-11-5-3-4-6-14-11/h3-6,10,12-13,15H,7-9H2,1-2H3. The van der Waals surface area contributed by atoms with Crippen LogP contribution < -0.4 is 5.32 Å². The van der Waals surface area contributed by atoms with E-state index in [1.165, 1.54) is 0 Å². The summed E-state index contributed by atoms with van der Waals surface area (Å²) in [6.45, 7) is 5.58. The second-order valence-corrected chi connectivity index (χ2v) is 4.24. The van der Waals surface area contributed by atoms with Gasteiger partial charge in [0.2, 0.25) is 0 Å². The molecule has 0 aliphatic rings. The molecule has 0 saturated carbocycles. The Bertz CT molecular complexity index is 262. The molecule has 0 bridgehead atoms. The van der Waals surface area contributed by atoms with E-state index < -0.39 is 0 Å². The first-order chi connectivity index (χ1) is 7.18. The number of pyridine rings is 1. The van der Waals surface area contributed by atoms with Crippen molar-refractivity contribution in [1.29, 1.82) is 0 Å². The minimum atomic E-state index is -0.256. The lowest BCUT2D eigenvalue weighted by Crippen LogP contribution is -2.27. The fraction of sp³-hybridized carbons (Fsp3) is 0.583. The number of nitrogens with zero attached hydrogens (tertiary/aromatic N) is 1. The highest BCUT2D eigenvalue weighted by Crippen LogP contribution is 2.03. The summed E-state index contributed by atoms with van der Waals surface area (Å²) in [4.78, 5) is 4.19. The molecule has 1 unspecified atom stereocenters. The van der Waals surface area contributed by atoms with Crippen LogP contribution in [0.4, 0.5) is 0 Å². The van der Waals surface area contributed by atoms with Crippen molar-refractivity contribution in [3.63, 3.8) is 0 Å². The first-order valence-corrected chi connectivity index (χ1v) is 5.47. The zero-order valence-electron chi connectivity index (χ0n) is 9.48. The number of hydrogen-bond donors (Lipinski definition) is 2. The second kappa shape index (κ2) is 6.53. The van der Waals surface area contributed by atoms with Crippen molar-refractivity contribution in [3.05, 3.63) is 30.1 Å². The highest BCUT2D eigenvalue weighted by Gasteiger charge is 2.05. The molecule has 0 aliphatic heterocycles. The highest BCUT2D eigenvalue weighted by molar-refractivity contribution is 5.02. The lowest BCUT2D eigenvalue weighted by molar-refractivity contribution is 0.146. The summed E-state index contributed by atoms with van der Waals surface area (Å²) < 4.78 is 0. The molecule has 1 aromatic heterocycles. The zero-order chi connectivity index (χ0) is 11.1. The Morgan fingerprint density at radius 1 is 1.40 bits per heavy atom. The Hall–Kier alpha value is -0.930. The van der Waals surface area contributed by atoms with Crippen LogP contribution in [0.2, 0.25) is 0 Å². The van der Waals surface area contributed by atoms with Gasteiger partial charge < -0.3 is 10.4 Å². The Kier molecular flexibility index (Phi) is 5.29. The van der Waals surface area contributed by atoms with E-state index in [1.807, 2.05) is 18.2 Å². The van der Waals surface area contributed by atoms with E-state index in [0.717, 1.165) is 18.7 Å². The molecule has 1 heterocycles. The maximum Gasteiger partial charge on any atom is 0.0667 e. The molecule has 0 saturated heterocycles. The molecular formula is C12H20N2O. The Labute approximate surface area is 91.5 Å². The van der Waals surface area contributed by atoms with Gasteiger partial charge in [0.25, 0.3) is 0 Å². The average Bonchev–Trinajstić information content (AvgIpc) is 2.18. The van der Waals surface area contributed by atoms with Gasteiger partial charge in [-0.1, -0.05) is 19.9 Å². The number of nitrogens with one attached hydrogen (secondary N) is 1. The lowest BCUT2D eigenvalue weighted by atomic mass is 10.1. The minimum Gasteiger partial charge on any atom is -0.392 e. The van der Waals surface area contributed by atoms with Crippen molar-refractivity contribution < 1.29 is 5.11 Å². The molecule has 0 amide bonds. The van der Waals surface area contributed by atoms with Gasteiger partial charge >= 0.3 is 0 Å². The first kappa shape index (κ1) is 12.1. The van der Waals surface area contributed by atoms with Gasteiger partial charge in [-0.3, -0.25) is 4.98 Å². The van der Waals surface area contributed by atoms with Gasteiger partial charge in [0.1, 0.15) is 0 Å². The summed E-state index contributed by atoms with van der Waals surface area (Å²) in [5.74, 6) is 0.539. The van der Waals surface area contributed by atoms with E-state index in [2.05, 4.69) is 24.1 Å². The topological polar surface area (TPSA) is 45.1 Å². The molecule has 0 spiro atoms. The van der Waals surface area contributed by atoms with Crippen molar-refractivity contribution in [2.45, 2.75) is 32.9 Å². The van der Waals surface area contributed by atoms with Crippen molar-refractivity contribution in [2.24, 2.45) is 5.92 Å². The highest BCUT2D eigenvalue weighted by atomic mass is 16.3. The fourth-order valence-electron chi connectivity index (χ4n) is 1.50. The Balaban J connectivity index is 2.16. The van der Waals surface area contributed by atoms with Crippen LogP contribution in [0.5, 0.6) is 0 Å². The monoisotopic (exact) mass is 208 g/mol. The quantitative estimate of drug-likeness (QED) is 0.746. The van der Waals surface area contributed by atoms with Gasteiger partial charge in [-0.25, -0.2) is 0 Å². The van der Waals surface area contributed by atoms with Crippen molar-refractivity contribution in [3.8, 4) is 0 Å². The van der Waals surface area contributed by atoms with Crippen LogP contribution in [0.3, 0.4) is 0 Å². The van der Waals surface area contributed by atoms with Crippen LogP contribution in [-0.2, 0) is 6.54 Å². The van der Waals surface area contributed by atoms with Crippen LogP contribution in [0, 0.1) is 5.92 Å². The molecule has 0 radical (unpaired) electrons. The molecule has 0 fully saturated rings. The van der Waals surface area contributed by atoms with Gasteiger partial charge in [-0.05, 0) is 24.5 Å². The lowest BCUT2D eigenvalue weighted by Gasteiger charge is -2.13. The normalized spacial score (nSPS) is 13.1. The fourth-order valence-corrected chi connectivity index (χ4v) is 1.50. The van der Waals surface area contributed by atoms with Gasteiger partial charge in [-0.2, -0.15) is 0 Å². The van der Waals surface area contributed by atoms with E-state index in [-0.39, 0.29) is 6.10 Å². The van der Waals surface area contributed by atoms with Crippen molar-refractivity contribution >= 4 is 0 Å². The number of aromatic nitrogens is 1. The molecule has 1 rings (SSSR count). The van der Waals surface area contributed by atoms with Gasteiger partial charge in [-0.15, -0.1) is 0 Å². The largest absolute Gasteiger partial charge is 0.392 e. The molecule has 3 heteroatoms. The Morgan fingerprint density at radius 2 is 2.20 bits per heavy atom. The second-order valence-electron chi connectivity index (χ2n) is 4.24. The van der Waals surface area contributed by atoms with Gasteiger partial charge in [0.05, 0.1) is 11.8 Å². The third-order valence-electron chi connectivity index (χ3n) is 2.16. The van der Waals surface area contributed by atoms with Crippen LogP contribution >= 0.6 is 0 Å². The van der Waals surface area contributed by atoms with Gasteiger partial charge in [0, 0.05) is 19.3 Å². The van der Waals surface area contributed by atoms with E-state index in [4.69, 9.17) is 0 Å². The van der Waals surface area contributed by atoms with Crippen molar-refractivity contribution in [1.82, 2.24) is 10.3 Å².